The van der Waals surface area contributed by atoms with Crippen LogP contribution >= 0.6 is 12.2 Å². The number of amides is 1. The van der Waals surface area contributed by atoms with Crippen molar-refractivity contribution in [2.24, 2.45) is 0 Å². The standard InChI is InChI=1S/C30H36N4OS/c35-29(31-19-22-34-20-7-8-21-34)18-17-28(23-24-9-3-1-4-10-24)33-30(36)32-27-15-13-26(14-16-27)25-11-5-2-6-12-25/h1-6,9-16,28H,7-8,17-23H2,(H,31,35)(H2,32,33,36)/t28-/m1/s1. The molecule has 6 heteroatoms. The first-order chi connectivity index (χ1) is 17.7. The van der Waals surface area contributed by atoms with E-state index in [1.54, 1.807) is 0 Å². The second-order valence-corrected chi connectivity index (χ2v) is 9.77. The van der Waals surface area contributed by atoms with Gasteiger partial charge in [0.15, 0.2) is 5.11 Å². The molecule has 0 aliphatic carbocycles. The monoisotopic (exact) mass is 500 g/mol. The second kappa shape index (κ2) is 13.8. The fourth-order valence-electron chi connectivity index (χ4n) is 4.61. The summed E-state index contributed by atoms with van der Waals surface area (Å²) in [5, 5.41) is 10.4. The molecule has 0 aromatic heterocycles. The average Bonchev–Trinajstić information content (AvgIpc) is 3.42. The lowest BCUT2D eigenvalue weighted by Crippen LogP contribution is -2.40. The molecular weight excluding hydrogens is 464 g/mol. The van der Waals surface area contributed by atoms with Gasteiger partial charge in [0.25, 0.3) is 0 Å². The molecule has 3 aromatic rings. The second-order valence-electron chi connectivity index (χ2n) is 9.37. The molecule has 1 heterocycles. The quantitative estimate of drug-likeness (QED) is 0.314. The van der Waals surface area contributed by atoms with Crippen molar-refractivity contribution in [3.05, 3.63) is 90.5 Å². The zero-order valence-electron chi connectivity index (χ0n) is 20.8. The highest BCUT2D eigenvalue weighted by Gasteiger charge is 2.15. The smallest absolute Gasteiger partial charge is 0.220 e. The molecule has 1 amide bonds. The molecule has 1 aliphatic heterocycles. The number of likely N-dealkylation sites (tertiary alicyclic amines) is 1. The number of anilines is 1. The van der Waals surface area contributed by atoms with Crippen LogP contribution in [0.1, 0.15) is 31.2 Å². The van der Waals surface area contributed by atoms with Crippen molar-refractivity contribution in [3.63, 3.8) is 0 Å². The van der Waals surface area contributed by atoms with Crippen LogP contribution < -0.4 is 16.0 Å². The minimum absolute atomic E-state index is 0.0559. The normalized spacial score (nSPS) is 14.2. The van der Waals surface area contributed by atoms with Crippen LogP contribution in [-0.2, 0) is 11.2 Å². The summed E-state index contributed by atoms with van der Waals surface area (Å²) < 4.78 is 0. The van der Waals surface area contributed by atoms with Gasteiger partial charge < -0.3 is 20.9 Å². The molecule has 1 fully saturated rings. The highest BCUT2D eigenvalue weighted by Crippen LogP contribution is 2.21. The molecule has 3 aromatic carbocycles. The molecule has 0 radical (unpaired) electrons. The summed E-state index contributed by atoms with van der Waals surface area (Å²) in [5.74, 6) is 0.101. The van der Waals surface area contributed by atoms with Gasteiger partial charge in [-0.1, -0.05) is 72.8 Å². The molecule has 0 spiro atoms. The number of hydrogen-bond donors (Lipinski definition) is 3. The molecule has 3 N–H and O–H groups in total. The van der Waals surface area contributed by atoms with Crippen LogP contribution in [0.25, 0.3) is 11.1 Å². The average molecular weight is 501 g/mol. The van der Waals surface area contributed by atoms with Gasteiger partial charge in [-0.3, -0.25) is 4.79 Å². The summed E-state index contributed by atoms with van der Waals surface area (Å²) in [7, 11) is 0. The Morgan fingerprint density at radius 2 is 1.50 bits per heavy atom. The van der Waals surface area contributed by atoms with E-state index in [1.807, 2.05) is 48.5 Å². The Hall–Kier alpha value is -3.22. The summed E-state index contributed by atoms with van der Waals surface area (Å²) in [5.41, 5.74) is 4.51. The minimum Gasteiger partial charge on any atom is -0.359 e. The zero-order chi connectivity index (χ0) is 25.0. The number of benzene rings is 3. The Balaban J connectivity index is 1.28. The van der Waals surface area contributed by atoms with Gasteiger partial charge in [0, 0.05) is 31.2 Å². The first kappa shape index (κ1) is 25.9. The van der Waals surface area contributed by atoms with Gasteiger partial charge >= 0.3 is 0 Å². The lowest BCUT2D eigenvalue weighted by molar-refractivity contribution is -0.121. The Morgan fingerprint density at radius 1 is 0.861 bits per heavy atom. The van der Waals surface area contributed by atoms with E-state index in [2.05, 4.69) is 57.2 Å². The van der Waals surface area contributed by atoms with Crippen molar-refractivity contribution in [1.82, 2.24) is 15.5 Å². The molecule has 1 atom stereocenters. The maximum atomic E-state index is 12.5. The van der Waals surface area contributed by atoms with Crippen LogP contribution in [0.4, 0.5) is 5.69 Å². The highest BCUT2D eigenvalue weighted by atomic mass is 32.1. The van der Waals surface area contributed by atoms with E-state index < -0.39 is 0 Å². The number of hydrogen-bond acceptors (Lipinski definition) is 3. The predicted molar refractivity (Wildman–Crippen MR) is 153 cm³/mol. The van der Waals surface area contributed by atoms with Crippen LogP contribution in [0, 0.1) is 0 Å². The number of rotatable bonds is 11. The van der Waals surface area contributed by atoms with Crippen molar-refractivity contribution >= 4 is 28.9 Å². The van der Waals surface area contributed by atoms with Gasteiger partial charge in [-0.2, -0.15) is 0 Å². The maximum absolute atomic E-state index is 12.5. The molecule has 0 unspecified atom stereocenters. The number of carbonyl (C=O) groups is 1. The van der Waals surface area contributed by atoms with E-state index in [9.17, 15) is 4.79 Å². The predicted octanol–water partition coefficient (Wildman–Crippen LogP) is 5.24. The Bertz CT molecular complexity index is 1080. The molecule has 0 saturated carbocycles. The maximum Gasteiger partial charge on any atom is 0.220 e. The van der Waals surface area contributed by atoms with Crippen molar-refractivity contribution in [2.45, 2.75) is 38.1 Å². The van der Waals surface area contributed by atoms with E-state index in [4.69, 9.17) is 12.2 Å². The summed E-state index contributed by atoms with van der Waals surface area (Å²) in [4.78, 5) is 14.9. The molecule has 5 nitrogen and oxygen atoms in total. The van der Waals surface area contributed by atoms with E-state index in [-0.39, 0.29) is 11.9 Å². The fraction of sp³-hybridized carbons (Fsp3) is 0.333. The lowest BCUT2D eigenvalue weighted by Gasteiger charge is -2.21. The van der Waals surface area contributed by atoms with Crippen molar-refractivity contribution < 1.29 is 4.79 Å². The van der Waals surface area contributed by atoms with Gasteiger partial charge in [0.05, 0.1) is 0 Å². The summed E-state index contributed by atoms with van der Waals surface area (Å²) in [6.07, 6.45) is 4.52. The van der Waals surface area contributed by atoms with E-state index >= 15 is 0 Å². The van der Waals surface area contributed by atoms with Crippen molar-refractivity contribution in [1.29, 1.82) is 0 Å². The largest absolute Gasteiger partial charge is 0.359 e. The Kier molecular flexibility index (Phi) is 9.88. The van der Waals surface area contributed by atoms with Crippen LogP contribution in [-0.4, -0.2) is 48.1 Å². The topological polar surface area (TPSA) is 56.4 Å². The summed E-state index contributed by atoms with van der Waals surface area (Å²) in [6.45, 7) is 3.96. The molecule has 0 bridgehead atoms. The summed E-state index contributed by atoms with van der Waals surface area (Å²) >= 11 is 5.64. The molecule has 188 valence electrons. The van der Waals surface area contributed by atoms with E-state index in [1.165, 1.54) is 24.0 Å². The van der Waals surface area contributed by atoms with Gasteiger partial charge in [-0.15, -0.1) is 0 Å². The zero-order valence-corrected chi connectivity index (χ0v) is 21.6. The number of carbonyl (C=O) groups excluding carboxylic acids is 1. The van der Waals surface area contributed by atoms with Gasteiger partial charge in [0.2, 0.25) is 5.91 Å². The van der Waals surface area contributed by atoms with E-state index in [0.29, 0.717) is 24.5 Å². The first-order valence-corrected chi connectivity index (χ1v) is 13.3. The molecule has 1 aliphatic rings. The summed E-state index contributed by atoms with van der Waals surface area (Å²) in [6, 6.07) is 29.0. The molecule has 36 heavy (non-hydrogen) atoms. The number of thiocarbonyl (C=S) groups is 1. The van der Waals surface area contributed by atoms with Crippen LogP contribution in [0.3, 0.4) is 0 Å². The van der Waals surface area contributed by atoms with Gasteiger partial charge in [0.1, 0.15) is 0 Å². The van der Waals surface area contributed by atoms with Crippen LogP contribution in [0.2, 0.25) is 0 Å². The van der Waals surface area contributed by atoms with Crippen LogP contribution in [0.5, 0.6) is 0 Å². The van der Waals surface area contributed by atoms with Crippen LogP contribution in [0.15, 0.2) is 84.9 Å². The number of nitrogens with one attached hydrogen (secondary N) is 3. The number of nitrogens with zero attached hydrogens (tertiary/aromatic N) is 1. The first-order valence-electron chi connectivity index (χ1n) is 12.9. The Labute approximate surface area is 220 Å². The SMILES string of the molecule is O=C(CC[C@H](Cc1ccccc1)NC(=S)Nc1ccc(-c2ccccc2)cc1)NCCN1CCCC1. The highest BCUT2D eigenvalue weighted by molar-refractivity contribution is 7.80. The van der Waals surface area contributed by atoms with Gasteiger partial charge in [-0.05, 0) is 79.8 Å². The van der Waals surface area contributed by atoms with Gasteiger partial charge in [-0.25, -0.2) is 0 Å². The molecule has 1 saturated heterocycles. The van der Waals surface area contributed by atoms with Crippen molar-refractivity contribution in [2.75, 3.05) is 31.5 Å². The third-order valence-electron chi connectivity index (χ3n) is 6.58. The van der Waals surface area contributed by atoms with Crippen molar-refractivity contribution in [3.8, 4) is 11.1 Å². The molecule has 4 rings (SSSR count). The lowest BCUT2D eigenvalue weighted by atomic mass is 10.0. The minimum atomic E-state index is 0.0559. The fourth-order valence-corrected chi connectivity index (χ4v) is 4.89. The third-order valence-corrected chi connectivity index (χ3v) is 6.80. The van der Waals surface area contributed by atoms with E-state index in [0.717, 1.165) is 37.3 Å². The third kappa shape index (κ3) is 8.47. The Morgan fingerprint density at radius 3 is 2.19 bits per heavy atom. The molecular formula is C30H36N4OS.